The zero-order chi connectivity index (χ0) is 24.2. The first-order valence-electron chi connectivity index (χ1n) is 12.1. The van der Waals surface area contributed by atoms with Gasteiger partial charge in [0.15, 0.2) is 0 Å². The SMILES string of the molecule is C=CCCCCOC(=O)[C@@H]1[C@H]2C(=O)N(CCCO)C(C(=O)N(CC=C)C(C)C)C23CC[C@H]1S3. The Morgan fingerprint density at radius 2 is 2.06 bits per heavy atom. The van der Waals surface area contributed by atoms with Gasteiger partial charge in [-0.3, -0.25) is 14.4 Å². The van der Waals surface area contributed by atoms with Crippen molar-refractivity contribution in [3.63, 3.8) is 0 Å². The van der Waals surface area contributed by atoms with Crippen LogP contribution in [0.3, 0.4) is 0 Å². The largest absolute Gasteiger partial charge is 0.465 e. The van der Waals surface area contributed by atoms with Gasteiger partial charge in [0, 0.05) is 31.0 Å². The van der Waals surface area contributed by atoms with Crippen LogP contribution in [0.2, 0.25) is 0 Å². The Kier molecular flexibility index (Phi) is 8.67. The smallest absolute Gasteiger partial charge is 0.310 e. The molecular weight excluding hydrogens is 440 g/mol. The molecule has 3 fully saturated rings. The predicted octanol–water partition coefficient (Wildman–Crippen LogP) is 2.78. The summed E-state index contributed by atoms with van der Waals surface area (Å²) in [6, 6.07) is -0.676. The molecular formula is C25H38N2O5S. The Hall–Kier alpha value is -1.80. The lowest BCUT2D eigenvalue weighted by Gasteiger charge is -2.38. The minimum atomic E-state index is -0.635. The summed E-state index contributed by atoms with van der Waals surface area (Å²) >= 11 is 1.65. The Morgan fingerprint density at radius 1 is 1.30 bits per heavy atom. The lowest BCUT2D eigenvalue weighted by molar-refractivity contribution is -0.154. The van der Waals surface area contributed by atoms with Crippen LogP contribution in [0.1, 0.15) is 52.4 Å². The average Bonchev–Trinajstić information content (AvgIpc) is 3.42. The molecule has 0 aromatic heterocycles. The highest BCUT2D eigenvalue weighted by Crippen LogP contribution is 2.66. The van der Waals surface area contributed by atoms with E-state index in [-0.39, 0.29) is 35.7 Å². The van der Waals surface area contributed by atoms with Crippen LogP contribution in [-0.4, -0.2) is 81.1 Å². The summed E-state index contributed by atoms with van der Waals surface area (Å²) in [6.07, 6.45) is 8.03. The fraction of sp³-hybridized carbons (Fsp3) is 0.720. The van der Waals surface area contributed by atoms with E-state index in [4.69, 9.17) is 4.74 Å². The number of carbonyl (C=O) groups excluding carboxylic acids is 3. The number of rotatable bonds is 13. The monoisotopic (exact) mass is 478 g/mol. The lowest BCUT2D eigenvalue weighted by atomic mass is 9.71. The first-order valence-corrected chi connectivity index (χ1v) is 13.0. The second kappa shape index (κ2) is 11.1. The molecule has 5 atom stereocenters. The molecule has 1 N–H and O–H groups in total. The Balaban J connectivity index is 1.87. The number of unbranched alkanes of at least 4 members (excludes halogenated alkanes) is 2. The molecule has 2 amide bonds. The van der Waals surface area contributed by atoms with Crippen molar-refractivity contribution in [1.82, 2.24) is 9.80 Å². The third-order valence-corrected chi connectivity index (χ3v) is 9.09. The van der Waals surface area contributed by atoms with E-state index in [2.05, 4.69) is 13.2 Å². The number of aliphatic hydroxyl groups is 1. The quantitative estimate of drug-likeness (QED) is 0.249. The number of likely N-dealkylation sites (tertiary alicyclic amines) is 1. The van der Waals surface area contributed by atoms with Crippen LogP contribution >= 0.6 is 11.8 Å². The van der Waals surface area contributed by atoms with E-state index in [9.17, 15) is 19.5 Å². The number of hydrogen-bond donors (Lipinski definition) is 1. The number of esters is 1. The highest BCUT2D eigenvalue weighted by atomic mass is 32.2. The first kappa shape index (κ1) is 25.8. The molecule has 3 heterocycles. The van der Waals surface area contributed by atoms with E-state index in [1.165, 1.54) is 0 Å². The molecule has 0 aromatic rings. The summed E-state index contributed by atoms with van der Waals surface area (Å²) in [4.78, 5) is 44.1. The Morgan fingerprint density at radius 3 is 2.70 bits per heavy atom. The third-order valence-electron chi connectivity index (χ3n) is 7.14. The molecule has 2 bridgehead atoms. The number of thioether (sulfide) groups is 1. The molecule has 3 aliphatic heterocycles. The maximum atomic E-state index is 13.9. The van der Waals surface area contributed by atoms with Gasteiger partial charge in [0.2, 0.25) is 11.8 Å². The van der Waals surface area contributed by atoms with Crippen LogP contribution in [0.15, 0.2) is 25.3 Å². The molecule has 184 valence electrons. The van der Waals surface area contributed by atoms with Crippen molar-refractivity contribution in [2.24, 2.45) is 11.8 Å². The normalized spacial score (nSPS) is 29.9. The van der Waals surface area contributed by atoms with Crippen LogP contribution in [0.4, 0.5) is 0 Å². The van der Waals surface area contributed by atoms with Gasteiger partial charge >= 0.3 is 5.97 Å². The molecule has 2 unspecified atom stereocenters. The standard InChI is InChI=1S/C25H38N2O5S/c1-5-7-8-9-16-32-24(31)19-18-11-12-25(33-18)20(19)22(29)27(14-10-15-28)21(25)23(30)26(13-6-2)17(3)4/h5-6,17-21,28H,1-2,7-16H2,3-4H3/t18-,19+,20+,21?,25?/m1/s1. The van der Waals surface area contributed by atoms with Gasteiger partial charge in [-0.2, -0.15) is 0 Å². The first-order chi connectivity index (χ1) is 15.8. The fourth-order valence-corrected chi connectivity index (χ4v) is 7.89. The average molecular weight is 479 g/mol. The van der Waals surface area contributed by atoms with Gasteiger partial charge in [0.05, 0.1) is 23.2 Å². The number of allylic oxidation sites excluding steroid dienone is 1. The molecule has 7 nitrogen and oxygen atoms in total. The zero-order valence-electron chi connectivity index (χ0n) is 19.9. The highest BCUT2D eigenvalue weighted by Gasteiger charge is 2.74. The molecule has 8 heteroatoms. The Labute approximate surface area is 201 Å². The van der Waals surface area contributed by atoms with Crippen molar-refractivity contribution >= 4 is 29.5 Å². The van der Waals surface area contributed by atoms with Crippen molar-refractivity contribution in [1.29, 1.82) is 0 Å². The fourth-order valence-electron chi connectivity index (χ4n) is 5.69. The highest BCUT2D eigenvalue weighted by molar-refractivity contribution is 8.02. The summed E-state index contributed by atoms with van der Waals surface area (Å²) < 4.78 is 4.99. The van der Waals surface area contributed by atoms with Crippen molar-refractivity contribution in [3.8, 4) is 0 Å². The predicted molar refractivity (Wildman–Crippen MR) is 130 cm³/mol. The van der Waals surface area contributed by atoms with Crippen LogP contribution < -0.4 is 0 Å². The number of ether oxygens (including phenoxy) is 1. The van der Waals surface area contributed by atoms with Gasteiger partial charge in [0.1, 0.15) is 6.04 Å². The number of carbonyl (C=O) groups is 3. The van der Waals surface area contributed by atoms with E-state index < -0.39 is 22.6 Å². The van der Waals surface area contributed by atoms with Gasteiger partial charge in [0.25, 0.3) is 0 Å². The molecule has 3 aliphatic rings. The molecule has 0 aliphatic carbocycles. The summed E-state index contributed by atoms with van der Waals surface area (Å²) in [5.41, 5.74) is 0. The van der Waals surface area contributed by atoms with E-state index in [1.807, 2.05) is 19.9 Å². The lowest BCUT2D eigenvalue weighted by Crippen LogP contribution is -2.56. The van der Waals surface area contributed by atoms with Crippen molar-refractivity contribution in [2.45, 2.75) is 74.5 Å². The number of aliphatic hydroxyl groups excluding tert-OH is 1. The topological polar surface area (TPSA) is 87.1 Å². The maximum absolute atomic E-state index is 13.9. The van der Waals surface area contributed by atoms with Gasteiger partial charge in [-0.05, 0) is 52.4 Å². The summed E-state index contributed by atoms with van der Waals surface area (Å²) in [5, 5.41) is 9.42. The summed E-state index contributed by atoms with van der Waals surface area (Å²) in [6.45, 7) is 12.4. The number of amides is 2. The number of nitrogens with zero attached hydrogens (tertiary/aromatic N) is 2. The van der Waals surface area contributed by atoms with Crippen LogP contribution in [0.25, 0.3) is 0 Å². The number of hydrogen-bond acceptors (Lipinski definition) is 6. The van der Waals surface area contributed by atoms with Crippen LogP contribution in [0.5, 0.6) is 0 Å². The molecule has 1 spiro atoms. The molecule has 3 rings (SSSR count). The minimum absolute atomic E-state index is 0.00169. The van der Waals surface area contributed by atoms with Gasteiger partial charge in [-0.15, -0.1) is 24.9 Å². The molecule has 0 saturated carbocycles. The number of fused-ring (bicyclic) bond motifs is 1. The van der Waals surface area contributed by atoms with E-state index in [0.717, 1.165) is 32.1 Å². The van der Waals surface area contributed by atoms with E-state index in [0.29, 0.717) is 26.1 Å². The molecule has 3 saturated heterocycles. The van der Waals surface area contributed by atoms with Crippen molar-refractivity contribution < 1.29 is 24.2 Å². The maximum Gasteiger partial charge on any atom is 0.310 e. The minimum Gasteiger partial charge on any atom is -0.465 e. The Bertz CT molecular complexity index is 772. The van der Waals surface area contributed by atoms with E-state index in [1.54, 1.807) is 27.6 Å². The summed E-state index contributed by atoms with van der Waals surface area (Å²) in [5.74, 6) is -1.62. The van der Waals surface area contributed by atoms with Gasteiger partial charge in [-0.25, -0.2) is 0 Å². The van der Waals surface area contributed by atoms with Crippen molar-refractivity contribution in [3.05, 3.63) is 25.3 Å². The van der Waals surface area contributed by atoms with Crippen molar-refractivity contribution in [2.75, 3.05) is 26.3 Å². The molecule has 0 radical (unpaired) electrons. The zero-order valence-corrected chi connectivity index (χ0v) is 20.7. The van der Waals surface area contributed by atoms with Gasteiger partial charge < -0.3 is 19.6 Å². The molecule has 0 aromatic carbocycles. The second-order valence-corrected chi connectivity index (χ2v) is 11.1. The van der Waals surface area contributed by atoms with Crippen LogP contribution in [0, 0.1) is 11.8 Å². The second-order valence-electron chi connectivity index (χ2n) is 9.49. The van der Waals surface area contributed by atoms with Crippen LogP contribution in [-0.2, 0) is 19.1 Å². The molecule has 33 heavy (non-hydrogen) atoms. The van der Waals surface area contributed by atoms with E-state index >= 15 is 0 Å². The summed E-state index contributed by atoms with van der Waals surface area (Å²) in [7, 11) is 0. The third kappa shape index (κ3) is 4.74. The van der Waals surface area contributed by atoms with Gasteiger partial charge in [-0.1, -0.05) is 12.2 Å².